The van der Waals surface area contributed by atoms with E-state index in [0.717, 1.165) is 83.7 Å². The second-order valence-corrected chi connectivity index (χ2v) is 7.01. The highest BCUT2D eigenvalue weighted by atomic mass is 16.5. The first kappa shape index (κ1) is 18.0. The number of hydrogen-bond donors (Lipinski definition) is 1. The van der Waals surface area contributed by atoms with Crippen LogP contribution in [-0.2, 0) is 14.2 Å². The van der Waals surface area contributed by atoms with Gasteiger partial charge in [0.2, 0.25) is 0 Å². The average Bonchev–Trinajstić information content (AvgIpc) is 3.27. The number of ether oxygens (including phenoxy) is 3. The van der Waals surface area contributed by atoms with Crippen molar-refractivity contribution < 1.29 is 14.2 Å². The van der Waals surface area contributed by atoms with Crippen LogP contribution in [-0.4, -0.2) is 75.7 Å². The van der Waals surface area contributed by atoms with Crippen LogP contribution in [0.25, 0.3) is 0 Å². The quantitative estimate of drug-likeness (QED) is 0.414. The van der Waals surface area contributed by atoms with Gasteiger partial charge in [-0.2, -0.15) is 0 Å². The van der Waals surface area contributed by atoms with Gasteiger partial charge >= 0.3 is 0 Å². The van der Waals surface area contributed by atoms with Crippen LogP contribution >= 0.6 is 0 Å². The lowest BCUT2D eigenvalue weighted by Gasteiger charge is -2.37. The van der Waals surface area contributed by atoms with E-state index in [1.807, 2.05) is 0 Å². The monoisotopic (exact) mass is 339 g/mol. The van der Waals surface area contributed by atoms with E-state index in [9.17, 15) is 0 Å². The first-order chi connectivity index (χ1) is 11.9. The van der Waals surface area contributed by atoms with Crippen molar-refractivity contribution in [2.75, 3.05) is 52.6 Å². The number of hydrogen-bond acceptors (Lipinski definition) is 4. The van der Waals surface area contributed by atoms with Gasteiger partial charge in [-0.25, -0.2) is 0 Å². The van der Waals surface area contributed by atoms with Gasteiger partial charge in [0, 0.05) is 46.0 Å². The minimum Gasteiger partial charge on any atom is -0.381 e. The minimum atomic E-state index is 0.173. The van der Waals surface area contributed by atoms with Crippen molar-refractivity contribution in [3.05, 3.63) is 0 Å². The Balaban J connectivity index is 1.42. The van der Waals surface area contributed by atoms with E-state index < -0.39 is 0 Å². The maximum atomic E-state index is 5.94. The molecule has 138 valence electrons. The lowest BCUT2D eigenvalue weighted by molar-refractivity contribution is -0.0817. The number of aliphatic imine (C=N–C) groups is 1. The molecule has 2 unspecified atom stereocenters. The summed E-state index contributed by atoms with van der Waals surface area (Å²) in [6, 6.07) is 0. The zero-order chi connectivity index (χ0) is 16.6. The molecule has 0 bridgehead atoms. The molecule has 1 N–H and O–H groups in total. The van der Waals surface area contributed by atoms with Crippen molar-refractivity contribution in [2.45, 2.75) is 51.2 Å². The van der Waals surface area contributed by atoms with Gasteiger partial charge in [-0.1, -0.05) is 0 Å². The van der Waals surface area contributed by atoms with Crippen molar-refractivity contribution in [2.24, 2.45) is 10.9 Å². The highest BCUT2D eigenvalue weighted by Gasteiger charge is 2.32. The molecule has 0 spiro atoms. The van der Waals surface area contributed by atoms with Gasteiger partial charge in [-0.3, -0.25) is 4.99 Å². The molecule has 3 rings (SSSR count). The standard InChI is InChI=1S/C18H33N3O3/c1-2-19-18(20-8-4-10-22-14-15-6-7-15)21-9-12-24-17(13-21)16-5-3-11-23-16/h15-17H,2-14H2,1H3,(H,19,20). The van der Waals surface area contributed by atoms with Crippen molar-refractivity contribution >= 4 is 5.96 Å². The first-order valence-corrected chi connectivity index (χ1v) is 9.71. The van der Waals surface area contributed by atoms with Crippen molar-refractivity contribution in [3.63, 3.8) is 0 Å². The Bertz CT molecular complexity index is 395. The third-order valence-electron chi connectivity index (χ3n) is 4.87. The third-order valence-corrected chi connectivity index (χ3v) is 4.87. The van der Waals surface area contributed by atoms with Crippen LogP contribution in [0.1, 0.15) is 39.0 Å². The molecule has 24 heavy (non-hydrogen) atoms. The molecule has 0 aromatic carbocycles. The molecule has 3 aliphatic rings. The van der Waals surface area contributed by atoms with Gasteiger partial charge in [-0.05, 0) is 44.9 Å². The highest BCUT2D eigenvalue weighted by Crippen LogP contribution is 2.28. The molecule has 0 aromatic heterocycles. The van der Waals surface area contributed by atoms with Crippen LogP contribution in [0.15, 0.2) is 4.99 Å². The van der Waals surface area contributed by atoms with Crippen LogP contribution in [0.4, 0.5) is 0 Å². The van der Waals surface area contributed by atoms with Crippen molar-refractivity contribution in [1.82, 2.24) is 10.2 Å². The Morgan fingerprint density at radius 1 is 1.21 bits per heavy atom. The van der Waals surface area contributed by atoms with Crippen LogP contribution in [0.3, 0.4) is 0 Å². The summed E-state index contributed by atoms with van der Waals surface area (Å²) >= 11 is 0. The second kappa shape index (κ2) is 9.59. The van der Waals surface area contributed by atoms with Crippen LogP contribution < -0.4 is 5.32 Å². The Morgan fingerprint density at radius 3 is 2.83 bits per heavy atom. The summed E-state index contributed by atoms with van der Waals surface area (Å²) in [6.07, 6.45) is 6.39. The van der Waals surface area contributed by atoms with Gasteiger partial charge in [0.05, 0.1) is 12.7 Å². The number of nitrogens with zero attached hydrogens (tertiary/aromatic N) is 2. The fourth-order valence-corrected chi connectivity index (χ4v) is 3.30. The predicted molar refractivity (Wildman–Crippen MR) is 94.4 cm³/mol. The Hall–Kier alpha value is -0.850. The number of rotatable bonds is 8. The fraction of sp³-hybridized carbons (Fsp3) is 0.944. The number of morpholine rings is 1. The van der Waals surface area contributed by atoms with E-state index in [1.165, 1.54) is 12.8 Å². The molecule has 6 heteroatoms. The minimum absolute atomic E-state index is 0.173. The molecular weight excluding hydrogens is 306 g/mol. The molecule has 2 heterocycles. The molecule has 6 nitrogen and oxygen atoms in total. The lowest BCUT2D eigenvalue weighted by Crippen LogP contribution is -2.53. The third kappa shape index (κ3) is 5.60. The molecule has 1 saturated carbocycles. The van der Waals surface area contributed by atoms with Gasteiger partial charge in [0.15, 0.2) is 5.96 Å². The maximum Gasteiger partial charge on any atom is 0.194 e. The van der Waals surface area contributed by atoms with Gasteiger partial charge < -0.3 is 24.4 Å². The van der Waals surface area contributed by atoms with E-state index in [0.29, 0.717) is 0 Å². The van der Waals surface area contributed by atoms with Crippen molar-refractivity contribution in [3.8, 4) is 0 Å². The number of guanidine groups is 1. The fourth-order valence-electron chi connectivity index (χ4n) is 3.30. The van der Waals surface area contributed by atoms with E-state index in [1.54, 1.807) is 0 Å². The molecule has 0 amide bonds. The largest absolute Gasteiger partial charge is 0.381 e. The molecule has 2 aliphatic heterocycles. The average molecular weight is 339 g/mol. The van der Waals surface area contributed by atoms with Gasteiger partial charge in [0.25, 0.3) is 0 Å². The Kier molecular flexibility index (Phi) is 7.17. The van der Waals surface area contributed by atoms with E-state index in [2.05, 4.69) is 17.1 Å². The summed E-state index contributed by atoms with van der Waals surface area (Å²) in [4.78, 5) is 7.11. The highest BCUT2D eigenvalue weighted by molar-refractivity contribution is 5.80. The molecular formula is C18H33N3O3. The van der Waals surface area contributed by atoms with E-state index in [-0.39, 0.29) is 12.2 Å². The van der Waals surface area contributed by atoms with Crippen molar-refractivity contribution in [1.29, 1.82) is 0 Å². The van der Waals surface area contributed by atoms with E-state index in [4.69, 9.17) is 19.2 Å². The summed E-state index contributed by atoms with van der Waals surface area (Å²) in [5.74, 6) is 1.85. The van der Waals surface area contributed by atoms with Crippen LogP contribution in [0.2, 0.25) is 0 Å². The Labute approximate surface area is 145 Å². The summed E-state index contributed by atoms with van der Waals surface area (Å²) in [6.45, 7) is 8.97. The molecule has 0 radical (unpaired) electrons. The summed E-state index contributed by atoms with van der Waals surface area (Å²) in [5.41, 5.74) is 0. The van der Waals surface area contributed by atoms with E-state index >= 15 is 0 Å². The molecule has 2 saturated heterocycles. The molecule has 3 fully saturated rings. The molecule has 2 atom stereocenters. The first-order valence-electron chi connectivity index (χ1n) is 9.71. The van der Waals surface area contributed by atoms with Crippen LogP contribution in [0, 0.1) is 5.92 Å². The van der Waals surface area contributed by atoms with Crippen LogP contribution in [0.5, 0.6) is 0 Å². The maximum absolute atomic E-state index is 5.94. The smallest absolute Gasteiger partial charge is 0.194 e. The van der Waals surface area contributed by atoms with Gasteiger partial charge in [-0.15, -0.1) is 0 Å². The normalized spacial score (nSPS) is 28.4. The summed E-state index contributed by atoms with van der Waals surface area (Å²) in [7, 11) is 0. The Morgan fingerprint density at radius 2 is 2.08 bits per heavy atom. The predicted octanol–water partition coefficient (Wildman–Crippen LogP) is 1.65. The summed E-state index contributed by atoms with van der Waals surface area (Å²) in [5, 5.41) is 3.42. The molecule has 0 aromatic rings. The number of nitrogens with one attached hydrogen (secondary N) is 1. The summed E-state index contributed by atoms with van der Waals surface area (Å²) < 4.78 is 17.4. The second-order valence-electron chi connectivity index (χ2n) is 7.01. The molecule has 1 aliphatic carbocycles. The topological polar surface area (TPSA) is 55.3 Å². The SMILES string of the molecule is CCNC(=NCCCOCC1CC1)N1CCOC(C2CCCO2)C1. The zero-order valence-electron chi connectivity index (χ0n) is 15.0. The lowest BCUT2D eigenvalue weighted by atomic mass is 10.1. The van der Waals surface area contributed by atoms with Gasteiger partial charge in [0.1, 0.15) is 6.10 Å². The zero-order valence-corrected chi connectivity index (χ0v) is 15.0.